The van der Waals surface area contributed by atoms with Gasteiger partial charge in [-0.3, -0.25) is 10.1 Å². The number of aryl methyl sites for hydroxylation is 2. The zero-order chi connectivity index (χ0) is 19.3. The Morgan fingerprint density at radius 2 is 1.81 bits per heavy atom. The minimum atomic E-state index is -0.313. The summed E-state index contributed by atoms with van der Waals surface area (Å²) < 4.78 is 6.56. The monoisotopic (exact) mass is 434 g/mol. The molecule has 0 bridgehead atoms. The summed E-state index contributed by atoms with van der Waals surface area (Å²) >= 11 is 8.68. The molecule has 0 saturated carbocycles. The number of benzene rings is 2. The number of nitrogens with one attached hydrogen (secondary N) is 2. The van der Waals surface area contributed by atoms with Crippen molar-refractivity contribution in [2.75, 3.05) is 11.9 Å². The number of anilines is 1. The highest BCUT2D eigenvalue weighted by atomic mass is 79.9. The van der Waals surface area contributed by atoms with E-state index in [4.69, 9.17) is 17.0 Å². The molecule has 6 heteroatoms. The molecule has 0 unspecified atom stereocenters. The third kappa shape index (κ3) is 6.11. The van der Waals surface area contributed by atoms with Crippen LogP contribution in [0.5, 0.6) is 5.75 Å². The van der Waals surface area contributed by atoms with Crippen LogP contribution < -0.4 is 15.4 Å². The van der Waals surface area contributed by atoms with E-state index in [-0.39, 0.29) is 11.0 Å². The number of halogens is 1. The molecule has 0 saturated heterocycles. The average molecular weight is 435 g/mol. The largest absolute Gasteiger partial charge is 0.492 e. The van der Waals surface area contributed by atoms with Gasteiger partial charge >= 0.3 is 0 Å². The van der Waals surface area contributed by atoms with Crippen molar-refractivity contribution in [3.8, 4) is 5.75 Å². The molecule has 2 aromatic rings. The zero-order valence-corrected chi connectivity index (χ0v) is 17.8. The van der Waals surface area contributed by atoms with Crippen molar-refractivity contribution in [1.82, 2.24) is 5.32 Å². The molecule has 0 fully saturated rings. The van der Waals surface area contributed by atoms with Crippen LogP contribution in [0.15, 0.2) is 40.9 Å². The molecule has 0 spiro atoms. The molecule has 26 heavy (non-hydrogen) atoms. The van der Waals surface area contributed by atoms with Crippen LogP contribution in [0.4, 0.5) is 5.69 Å². The van der Waals surface area contributed by atoms with E-state index in [1.807, 2.05) is 32.0 Å². The summed E-state index contributed by atoms with van der Waals surface area (Å²) in [4.78, 5) is 12.7. The van der Waals surface area contributed by atoms with Gasteiger partial charge in [-0.05, 0) is 73.4 Å². The van der Waals surface area contributed by atoms with Gasteiger partial charge in [0.2, 0.25) is 0 Å². The molecular formula is C20H23BrN2O2S. The van der Waals surface area contributed by atoms with Crippen molar-refractivity contribution in [3.63, 3.8) is 0 Å². The van der Waals surface area contributed by atoms with E-state index in [1.54, 1.807) is 12.1 Å². The minimum Gasteiger partial charge on any atom is -0.492 e. The number of ether oxygens (including phenoxy) is 1. The van der Waals surface area contributed by atoms with Crippen molar-refractivity contribution in [2.24, 2.45) is 5.92 Å². The summed E-state index contributed by atoms with van der Waals surface area (Å²) in [5.74, 6) is 0.586. The van der Waals surface area contributed by atoms with E-state index in [9.17, 15) is 4.79 Å². The number of carbonyl (C=O) groups excluding carboxylic acids is 1. The van der Waals surface area contributed by atoms with Crippen molar-refractivity contribution in [3.05, 3.63) is 57.6 Å². The van der Waals surface area contributed by atoms with Crippen molar-refractivity contribution in [1.29, 1.82) is 0 Å². The number of amides is 1. The van der Waals surface area contributed by atoms with Crippen LogP contribution in [0.1, 0.15) is 35.3 Å². The van der Waals surface area contributed by atoms with Gasteiger partial charge in [0.15, 0.2) is 5.11 Å². The highest BCUT2D eigenvalue weighted by molar-refractivity contribution is 9.10. The van der Waals surface area contributed by atoms with E-state index < -0.39 is 0 Å². The highest BCUT2D eigenvalue weighted by Crippen LogP contribution is 2.24. The quantitative estimate of drug-likeness (QED) is 0.632. The Labute approximate surface area is 168 Å². The fourth-order valence-electron chi connectivity index (χ4n) is 2.44. The fraction of sp³-hybridized carbons (Fsp3) is 0.300. The summed E-state index contributed by atoms with van der Waals surface area (Å²) in [7, 11) is 0. The number of carbonyl (C=O) groups is 1. The first kappa shape index (κ1) is 20.4. The number of rotatable bonds is 5. The SMILES string of the molecule is Cc1cc(C)cc(NC(=S)NC(=O)c2cc(Br)ccc2OCC(C)C)c1. The Morgan fingerprint density at radius 3 is 2.42 bits per heavy atom. The lowest BCUT2D eigenvalue weighted by Gasteiger charge is -2.15. The molecule has 2 rings (SSSR count). The Hall–Kier alpha value is -1.92. The molecule has 4 nitrogen and oxygen atoms in total. The van der Waals surface area contributed by atoms with E-state index >= 15 is 0 Å². The van der Waals surface area contributed by atoms with Crippen LogP contribution in [-0.2, 0) is 0 Å². The maximum atomic E-state index is 12.7. The molecular weight excluding hydrogens is 412 g/mol. The fourth-order valence-corrected chi connectivity index (χ4v) is 3.01. The summed E-state index contributed by atoms with van der Waals surface area (Å²) in [6.45, 7) is 8.68. The van der Waals surface area contributed by atoms with Gasteiger partial charge in [-0.25, -0.2) is 0 Å². The second kappa shape index (κ2) is 9.14. The Kier molecular flexibility index (Phi) is 7.17. The zero-order valence-electron chi connectivity index (χ0n) is 15.4. The van der Waals surface area contributed by atoms with Gasteiger partial charge in [-0.2, -0.15) is 0 Å². The maximum absolute atomic E-state index is 12.7. The first-order valence-electron chi connectivity index (χ1n) is 8.37. The van der Waals surface area contributed by atoms with Gasteiger partial charge in [0, 0.05) is 10.2 Å². The standard InChI is InChI=1S/C20H23BrN2O2S/c1-12(2)11-25-18-6-5-15(21)10-17(18)19(24)23-20(26)22-16-8-13(3)7-14(4)9-16/h5-10,12H,11H2,1-4H3,(H2,22,23,24,26). The molecule has 2 aromatic carbocycles. The Bertz CT molecular complexity index is 801. The molecule has 2 N–H and O–H groups in total. The lowest BCUT2D eigenvalue weighted by Crippen LogP contribution is -2.34. The normalized spacial score (nSPS) is 10.5. The van der Waals surface area contributed by atoms with Gasteiger partial charge in [0.05, 0.1) is 12.2 Å². The van der Waals surface area contributed by atoms with Crippen LogP contribution in [0.2, 0.25) is 0 Å². The summed E-state index contributed by atoms with van der Waals surface area (Å²) in [6.07, 6.45) is 0. The predicted molar refractivity (Wildman–Crippen MR) is 114 cm³/mol. The van der Waals surface area contributed by atoms with Crippen molar-refractivity contribution >= 4 is 44.9 Å². The summed E-state index contributed by atoms with van der Waals surface area (Å²) in [6, 6.07) is 11.4. The second-order valence-corrected chi connectivity index (χ2v) is 7.95. The molecule has 0 radical (unpaired) electrons. The third-order valence-corrected chi connectivity index (χ3v) is 4.16. The van der Waals surface area contributed by atoms with Crippen molar-refractivity contribution < 1.29 is 9.53 Å². The Balaban J connectivity index is 2.10. The minimum absolute atomic E-state index is 0.245. The molecule has 0 atom stereocenters. The molecule has 0 aliphatic rings. The van der Waals surface area contributed by atoms with Crippen molar-refractivity contribution in [2.45, 2.75) is 27.7 Å². The second-order valence-electron chi connectivity index (χ2n) is 6.63. The van der Waals surface area contributed by atoms with Gasteiger partial charge < -0.3 is 10.1 Å². The van der Waals surface area contributed by atoms with Crippen LogP contribution in [0, 0.1) is 19.8 Å². The van der Waals surface area contributed by atoms with Gasteiger partial charge in [0.1, 0.15) is 5.75 Å². The number of thiocarbonyl (C=S) groups is 1. The smallest absolute Gasteiger partial charge is 0.261 e. The lowest BCUT2D eigenvalue weighted by molar-refractivity contribution is 0.0973. The van der Waals surface area contributed by atoms with Gasteiger partial charge in [-0.1, -0.05) is 35.8 Å². The van der Waals surface area contributed by atoms with E-state index in [1.165, 1.54) is 0 Å². The van der Waals surface area contributed by atoms with Crippen LogP contribution >= 0.6 is 28.1 Å². The number of hydrogen-bond donors (Lipinski definition) is 2. The van der Waals surface area contributed by atoms with Crippen LogP contribution in [-0.4, -0.2) is 17.6 Å². The van der Waals surface area contributed by atoms with Gasteiger partial charge in [0.25, 0.3) is 5.91 Å². The first-order valence-corrected chi connectivity index (χ1v) is 9.57. The maximum Gasteiger partial charge on any atom is 0.261 e. The molecule has 1 amide bonds. The first-order chi connectivity index (χ1) is 12.2. The van der Waals surface area contributed by atoms with E-state index in [2.05, 4.69) is 46.5 Å². The summed E-state index contributed by atoms with van der Waals surface area (Å²) in [5.41, 5.74) is 3.53. The average Bonchev–Trinajstić information content (AvgIpc) is 2.52. The van der Waals surface area contributed by atoms with Crippen LogP contribution in [0.3, 0.4) is 0 Å². The third-order valence-electron chi connectivity index (χ3n) is 3.47. The van der Waals surface area contributed by atoms with Crippen LogP contribution in [0.25, 0.3) is 0 Å². The topological polar surface area (TPSA) is 50.4 Å². The highest BCUT2D eigenvalue weighted by Gasteiger charge is 2.15. The predicted octanol–water partition coefficient (Wildman–Crippen LogP) is 5.23. The molecule has 0 aliphatic heterocycles. The Morgan fingerprint density at radius 1 is 1.15 bits per heavy atom. The van der Waals surface area contributed by atoms with E-state index in [0.29, 0.717) is 23.8 Å². The lowest BCUT2D eigenvalue weighted by atomic mass is 10.1. The summed E-state index contributed by atoms with van der Waals surface area (Å²) in [5, 5.41) is 6.02. The number of hydrogen-bond acceptors (Lipinski definition) is 3. The molecule has 138 valence electrons. The van der Waals surface area contributed by atoms with E-state index in [0.717, 1.165) is 21.3 Å². The van der Waals surface area contributed by atoms with Gasteiger partial charge in [-0.15, -0.1) is 0 Å². The molecule has 0 aliphatic carbocycles. The molecule has 0 aromatic heterocycles. The molecule has 0 heterocycles.